The van der Waals surface area contributed by atoms with Crippen LogP contribution in [0, 0.1) is 5.92 Å². The van der Waals surface area contributed by atoms with Gasteiger partial charge in [0.05, 0.1) is 5.60 Å². The molecule has 3 N–H and O–H groups in total. The summed E-state index contributed by atoms with van der Waals surface area (Å²) >= 11 is 0. The van der Waals surface area contributed by atoms with Crippen molar-refractivity contribution in [2.75, 3.05) is 26.2 Å². The van der Waals surface area contributed by atoms with Gasteiger partial charge in [-0.3, -0.25) is 9.89 Å². The summed E-state index contributed by atoms with van der Waals surface area (Å²) in [4.78, 5) is 7.20. The van der Waals surface area contributed by atoms with E-state index < -0.39 is 0 Å². The number of piperidine rings is 1. The van der Waals surface area contributed by atoms with E-state index in [9.17, 15) is 0 Å². The van der Waals surface area contributed by atoms with E-state index in [0.717, 1.165) is 52.0 Å². The predicted molar refractivity (Wildman–Crippen MR) is 110 cm³/mol. The first-order chi connectivity index (χ1) is 13.2. The average Bonchev–Trinajstić information content (AvgIpc) is 2.68. The Morgan fingerprint density at radius 3 is 2.67 bits per heavy atom. The molecular formula is C22H34N4O. The Balaban J connectivity index is 1.18. The Kier molecular flexibility index (Phi) is 5.98. The summed E-state index contributed by atoms with van der Waals surface area (Å²) in [6.45, 7) is 5.01. The van der Waals surface area contributed by atoms with Gasteiger partial charge >= 0.3 is 0 Å². The van der Waals surface area contributed by atoms with Gasteiger partial charge in [-0.2, -0.15) is 0 Å². The number of nitrogens with one attached hydrogen (secondary N) is 1. The number of guanidine groups is 1. The summed E-state index contributed by atoms with van der Waals surface area (Å²) in [7, 11) is 0. The Morgan fingerprint density at radius 2 is 1.96 bits per heavy atom. The van der Waals surface area contributed by atoms with Crippen LogP contribution in [-0.2, 0) is 11.3 Å². The lowest BCUT2D eigenvalue weighted by Gasteiger charge is -2.47. The van der Waals surface area contributed by atoms with Crippen molar-refractivity contribution in [2.24, 2.45) is 16.6 Å². The van der Waals surface area contributed by atoms with E-state index >= 15 is 0 Å². The first-order valence-corrected chi connectivity index (χ1v) is 10.7. The third kappa shape index (κ3) is 5.02. The zero-order valence-electron chi connectivity index (χ0n) is 16.4. The summed E-state index contributed by atoms with van der Waals surface area (Å²) in [6, 6.07) is 11.2. The van der Waals surface area contributed by atoms with Crippen LogP contribution >= 0.6 is 0 Å². The van der Waals surface area contributed by atoms with Gasteiger partial charge in [0.2, 0.25) is 0 Å². The molecule has 0 amide bonds. The number of ether oxygens (including phenoxy) is 1. The van der Waals surface area contributed by atoms with Crippen LogP contribution < -0.4 is 11.1 Å². The fourth-order valence-corrected chi connectivity index (χ4v) is 4.76. The highest BCUT2D eigenvalue weighted by Crippen LogP contribution is 2.44. The number of rotatable bonds is 5. The fourth-order valence-electron chi connectivity index (χ4n) is 4.76. The highest BCUT2D eigenvalue weighted by atomic mass is 16.5. The van der Waals surface area contributed by atoms with E-state index in [1.54, 1.807) is 0 Å². The van der Waals surface area contributed by atoms with Gasteiger partial charge < -0.3 is 15.8 Å². The number of hydrogen-bond acceptors (Lipinski definition) is 3. The van der Waals surface area contributed by atoms with Crippen molar-refractivity contribution in [3.63, 3.8) is 0 Å². The molecule has 2 saturated heterocycles. The van der Waals surface area contributed by atoms with E-state index in [1.165, 1.54) is 31.2 Å². The molecule has 0 aromatic heterocycles. The van der Waals surface area contributed by atoms with E-state index in [4.69, 9.17) is 10.5 Å². The van der Waals surface area contributed by atoms with Crippen LogP contribution in [0.2, 0.25) is 0 Å². The molecule has 2 heterocycles. The summed E-state index contributed by atoms with van der Waals surface area (Å²) in [6.07, 6.45) is 8.35. The topological polar surface area (TPSA) is 62.9 Å². The summed E-state index contributed by atoms with van der Waals surface area (Å²) in [5.74, 6) is 1.26. The number of aliphatic imine (C=N–C) groups is 1. The second kappa shape index (κ2) is 8.61. The molecular weight excluding hydrogens is 336 g/mol. The highest BCUT2D eigenvalue weighted by molar-refractivity contribution is 5.78. The molecule has 1 aliphatic carbocycles. The van der Waals surface area contributed by atoms with Crippen molar-refractivity contribution in [3.05, 3.63) is 35.9 Å². The van der Waals surface area contributed by atoms with Gasteiger partial charge in [0, 0.05) is 38.8 Å². The largest absolute Gasteiger partial charge is 0.375 e. The van der Waals surface area contributed by atoms with E-state index in [2.05, 4.69) is 45.5 Å². The molecule has 1 saturated carbocycles. The van der Waals surface area contributed by atoms with Crippen LogP contribution in [0.5, 0.6) is 0 Å². The number of nitrogens with two attached hydrogens (primary N) is 1. The molecule has 1 spiro atoms. The molecule has 5 heteroatoms. The first-order valence-electron chi connectivity index (χ1n) is 10.7. The number of hydrogen-bond donors (Lipinski definition) is 2. The third-order valence-corrected chi connectivity index (χ3v) is 6.57. The Hall–Kier alpha value is -1.59. The quantitative estimate of drug-likeness (QED) is 0.618. The molecule has 148 valence electrons. The molecule has 0 radical (unpaired) electrons. The normalized spacial score (nSPS) is 26.7. The first kappa shape index (κ1) is 18.8. The molecule has 3 aliphatic rings. The van der Waals surface area contributed by atoms with Gasteiger partial charge in [0.1, 0.15) is 0 Å². The van der Waals surface area contributed by atoms with Crippen LogP contribution in [0.4, 0.5) is 0 Å². The Morgan fingerprint density at radius 1 is 1.19 bits per heavy atom. The van der Waals surface area contributed by atoms with Crippen LogP contribution in [-0.4, -0.2) is 48.7 Å². The smallest absolute Gasteiger partial charge is 0.188 e. The maximum Gasteiger partial charge on any atom is 0.188 e. The lowest BCUT2D eigenvalue weighted by molar-refractivity contribution is -0.141. The van der Waals surface area contributed by atoms with Crippen molar-refractivity contribution < 1.29 is 4.74 Å². The minimum Gasteiger partial charge on any atom is -0.375 e. The molecule has 27 heavy (non-hydrogen) atoms. The molecule has 3 fully saturated rings. The zero-order valence-corrected chi connectivity index (χ0v) is 16.4. The maximum absolute atomic E-state index is 6.19. The van der Waals surface area contributed by atoms with E-state index in [-0.39, 0.29) is 5.60 Å². The van der Waals surface area contributed by atoms with Crippen molar-refractivity contribution in [2.45, 2.75) is 63.1 Å². The molecule has 2 aliphatic heterocycles. The van der Waals surface area contributed by atoms with Gasteiger partial charge in [0.25, 0.3) is 0 Å². The summed E-state index contributed by atoms with van der Waals surface area (Å²) < 4.78 is 6.01. The Labute approximate surface area is 163 Å². The zero-order chi connectivity index (χ0) is 18.5. The number of likely N-dealkylation sites (tertiary alicyclic amines) is 1. The predicted octanol–water partition coefficient (Wildman–Crippen LogP) is 2.90. The van der Waals surface area contributed by atoms with Crippen LogP contribution in [0.25, 0.3) is 0 Å². The standard InChI is InChI=1S/C22H34N4O/c23-21(24-16-19-9-14-27-22(15-19)10-4-11-22)25-20-7-12-26(13-8-20)17-18-5-2-1-3-6-18/h1-3,5-6,19-20H,4,7-17H2,(H3,23,24,25). The van der Waals surface area contributed by atoms with E-state index in [0.29, 0.717) is 17.9 Å². The second-order valence-corrected chi connectivity index (χ2v) is 8.65. The second-order valence-electron chi connectivity index (χ2n) is 8.65. The lowest BCUT2D eigenvalue weighted by Crippen LogP contribution is -2.47. The molecule has 5 nitrogen and oxygen atoms in total. The van der Waals surface area contributed by atoms with Crippen LogP contribution in [0.1, 0.15) is 50.5 Å². The molecule has 4 rings (SSSR count). The van der Waals surface area contributed by atoms with Crippen molar-refractivity contribution in [1.29, 1.82) is 0 Å². The average molecular weight is 371 g/mol. The van der Waals surface area contributed by atoms with Crippen LogP contribution in [0.15, 0.2) is 35.3 Å². The monoisotopic (exact) mass is 370 g/mol. The minimum absolute atomic E-state index is 0.201. The molecule has 1 aromatic carbocycles. The third-order valence-electron chi connectivity index (χ3n) is 6.57. The molecule has 0 bridgehead atoms. The number of benzene rings is 1. The maximum atomic E-state index is 6.19. The van der Waals surface area contributed by atoms with Gasteiger partial charge in [0.15, 0.2) is 5.96 Å². The fraction of sp³-hybridized carbons (Fsp3) is 0.682. The number of nitrogens with zero attached hydrogens (tertiary/aromatic N) is 2. The van der Waals surface area contributed by atoms with Gasteiger partial charge in [-0.25, -0.2) is 0 Å². The molecule has 1 unspecified atom stereocenters. The van der Waals surface area contributed by atoms with Gasteiger partial charge in [-0.15, -0.1) is 0 Å². The summed E-state index contributed by atoms with van der Waals surface area (Å²) in [5, 5.41) is 3.46. The van der Waals surface area contributed by atoms with Gasteiger partial charge in [-0.05, 0) is 56.4 Å². The molecule has 1 atom stereocenters. The van der Waals surface area contributed by atoms with Crippen LogP contribution in [0.3, 0.4) is 0 Å². The highest BCUT2D eigenvalue weighted by Gasteiger charge is 2.42. The van der Waals surface area contributed by atoms with Gasteiger partial charge in [-0.1, -0.05) is 30.3 Å². The molecule has 1 aromatic rings. The lowest BCUT2D eigenvalue weighted by atomic mass is 9.72. The van der Waals surface area contributed by atoms with Crippen molar-refractivity contribution in [3.8, 4) is 0 Å². The Bertz CT molecular complexity index is 620. The SMILES string of the molecule is NC(=NCC1CCOC2(CCC2)C1)NC1CCN(Cc2ccccc2)CC1. The van der Waals surface area contributed by atoms with Crippen molar-refractivity contribution in [1.82, 2.24) is 10.2 Å². The van der Waals surface area contributed by atoms with Crippen molar-refractivity contribution >= 4 is 5.96 Å². The van der Waals surface area contributed by atoms with E-state index in [1.807, 2.05) is 0 Å². The summed E-state index contributed by atoms with van der Waals surface area (Å²) in [5.41, 5.74) is 7.78. The minimum atomic E-state index is 0.201.